The number of hydrogen-bond acceptors (Lipinski definition) is 8. The van der Waals surface area contributed by atoms with Gasteiger partial charge in [-0.15, -0.1) is 0 Å². The van der Waals surface area contributed by atoms with E-state index in [1.807, 2.05) is 0 Å². The van der Waals surface area contributed by atoms with Crippen LogP contribution in [-0.4, -0.2) is 194 Å². The number of likely N-dealkylation sites (tertiary alicyclic amines) is 2. The molecule has 50 heavy (non-hydrogen) atoms. The lowest BCUT2D eigenvalue weighted by Crippen LogP contribution is -2.50. The van der Waals surface area contributed by atoms with E-state index in [1.165, 1.54) is 143 Å². The maximum atomic E-state index is 2.56. The molecule has 0 spiro atoms. The van der Waals surface area contributed by atoms with Crippen LogP contribution < -0.4 is 0 Å². The Morgan fingerprint density at radius 1 is 0.300 bits per heavy atom. The number of nitrogens with zero attached hydrogens (tertiary/aromatic N) is 8. The fourth-order valence-corrected chi connectivity index (χ4v) is 7.40. The molecule has 5 aliphatic heterocycles. The summed E-state index contributed by atoms with van der Waals surface area (Å²) in [5.74, 6) is 0. The predicted molar refractivity (Wildman–Crippen MR) is 223 cm³/mol. The highest BCUT2D eigenvalue weighted by atomic mass is 15.3. The number of piperidine rings is 1. The van der Waals surface area contributed by atoms with Crippen molar-refractivity contribution in [2.45, 2.75) is 158 Å². The van der Waals surface area contributed by atoms with Crippen LogP contribution in [-0.2, 0) is 0 Å². The molecule has 5 aliphatic rings. The highest BCUT2D eigenvalue weighted by molar-refractivity contribution is 4.76. The minimum absolute atomic E-state index is 0.722. The zero-order valence-corrected chi connectivity index (χ0v) is 36.6. The molecule has 0 N–H and O–H groups in total. The summed E-state index contributed by atoms with van der Waals surface area (Å²) in [4.78, 5) is 20.2. The maximum Gasteiger partial charge on any atom is 0.0113 e. The first-order valence-corrected chi connectivity index (χ1v) is 21.5. The van der Waals surface area contributed by atoms with Gasteiger partial charge < -0.3 is 19.6 Å². The van der Waals surface area contributed by atoms with Crippen molar-refractivity contribution in [2.24, 2.45) is 0 Å². The van der Waals surface area contributed by atoms with E-state index in [1.54, 1.807) is 0 Å². The first-order valence-electron chi connectivity index (χ1n) is 21.5. The number of likely N-dealkylation sites (N-methyl/N-ethyl adjacent to an activating group) is 2. The normalized spacial score (nSPS) is 23.0. The standard InChI is InChI=1S/C10H22N2.C9H20N2.C8H18N2.C8H17N.C7H15N/c1-9(2)11-5-7-12(8-6-11)10(3)4;1-4-10-5-7-11(8-6-10)9(2)3;1-8(2)10-6-4-9(3)5-7-10;1-8(2)9-6-4-3-5-7-9;1-7(2)8-5-3-4-6-8/h9-10H,5-8H2,1-4H3;9H,4-8H2,1-3H3;8H,4-7H2,1-3H3;8H,3-7H2,1-2H3;7H,3-6H2,1-2H3. The number of hydrogen-bond donors (Lipinski definition) is 0. The van der Waals surface area contributed by atoms with Gasteiger partial charge >= 0.3 is 0 Å². The van der Waals surface area contributed by atoms with E-state index in [4.69, 9.17) is 0 Å². The van der Waals surface area contributed by atoms with Gasteiger partial charge in [0.1, 0.15) is 0 Å². The lowest BCUT2D eigenvalue weighted by Gasteiger charge is -2.38. The third-order valence-corrected chi connectivity index (χ3v) is 11.7. The van der Waals surface area contributed by atoms with Crippen molar-refractivity contribution < 1.29 is 0 Å². The molecule has 5 heterocycles. The Hall–Kier alpha value is -0.320. The van der Waals surface area contributed by atoms with E-state index in [2.05, 4.69) is 136 Å². The van der Waals surface area contributed by atoms with Crippen molar-refractivity contribution in [3.8, 4) is 0 Å². The van der Waals surface area contributed by atoms with Crippen LogP contribution in [0.2, 0.25) is 0 Å². The van der Waals surface area contributed by atoms with Crippen molar-refractivity contribution in [3.63, 3.8) is 0 Å². The zero-order chi connectivity index (χ0) is 37.6. The van der Waals surface area contributed by atoms with Gasteiger partial charge in [-0.3, -0.25) is 19.6 Å². The molecule has 0 radical (unpaired) electrons. The van der Waals surface area contributed by atoms with Gasteiger partial charge in [0.2, 0.25) is 0 Å². The molecule has 0 amide bonds. The monoisotopic (exact) mass is 709 g/mol. The van der Waals surface area contributed by atoms with Gasteiger partial charge in [-0.05, 0) is 149 Å². The Labute approximate surface area is 315 Å². The van der Waals surface area contributed by atoms with Gasteiger partial charge in [0.25, 0.3) is 0 Å². The van der Waals surface area contributed by atoms with Gasteiger partial charge in [0, 0.05) is 115 Å². The van der Waals surface area contributed by atoms with Crippen LogP contribution in [0.1, 0.15) is 122 Å². The minimum atomic E-state index is 0.722. The smallest absolute Gasteiger partial charge is 0.0113 e. The molecule has 5 rings (SSSR count). The molecule has 0 bridgehead atoms. The molecule has 5 fully saturated rings. The van der Waals surface area contributed by atoms with Gasteiger partial charge in [-0.25, -0.2) is 0 Å². The lowest BCUT2D eigenvalue weighted by molar-refractivity contribution is 0.0887. The molecule has 0 unspecified atom stereocenters. The molecule has 300 valence electrons. The molecule has 0 aliphatic carbocycles. The molecular formula is C42H92N8. The molecule has 8 nitrogen and oxygen atoms in total. The van der Waals surface area contributed by atoms with Crippen molar-refractivity contribution >= 4 is 0 Å². The van der Waals surface area contributed by atoms with Crippen LogP contribution in [0.4, 0.5) is 0 Å². The summed E-state index contributed by atoms with van der Waals surface area (Å²) in [6.07, 6.45) is 7.11. The second-order valence-corrected chi connectivity index (χ2v) is 17.3. The molecule has 0 aromatic rings. The molecular weight excluding hydrogens is 617 g/mol. The van der Waals surface area contributed by atoms with Crippen LogP contribution in [0.5, 0.6) is 0 Å². The SMILES string of the molecule is CC(C)N1CCCC1.CC(C)N1CCCCC1.CC(C)N1CCN(C(C)C)CC1.CC(C)N1CCN(C)CC1.CCN1CCN(C(C)C)CC1. The van der Waals surface area contributed by atoms with E-state index in [9.17, 15) is 0 Å². The summed E-state index contributed by atoms with van der Waals surface area (Å²) in [7, 11) is 2.19. The first kappa shape index (κ1) is 47.7. The first-order chi connectivity index (χ1) is 23.7. The Balaban J connectivity index is 0.000000314. The molecule has 0 saturated carbocycles. The summed E-state index contributed by atoms with van der Waals surface area (Å²) >= 11 is 0. The quantitative estimate of drug-likeness (QED) is 0.297. The molecule has 5 saturated heterocycles. The van der Waals surface area contributed by atoms with Crippen molar-refractivity contribution in [2.75, 3.05) is 118 Å². The van der Waals surface area contributed by atoms with Gasteiger partial charge in [-0.1, -0.05) is 13.3 Å². The average molecular weight is 709 g/mol. The highest BCUT2D eigenvalue weighted by Crippen LogP contribution is 2.12. The van der Waals surface area contributed by atoms with E-state index in [-0.39, 0.29) is 0 Å². The Morgan fingerprint density at radius 2 is 0.520 bits per heavy atom. The van der Waals surface area contributed by atoms with E-state index in [0.717, 1.165) is 36.3 Å². The highest BCUT2D eigenvalue weighted by Gasteiger charge is 2.20. The largest absolute Gasteiger partial charge is 0.304 e. The minimum Gasteiger partial charge on any atom is -0.304 e. The van der Waals surface area contributed by atoms with E-state index >= 15 is 0 Å². The van der Waals surface area contributed by atoms with Gasteiger partial charge in [-0.2, -0.15) is 0 Å². The molecule has 8 heteroatoms. The zero-order valence-electron chi connectivity index (χ0n) is 36.6. The van der Waals surface area contributed by atoms with Crippen LogP contribution in [0.25, 0.3) is 0 Å². The summed E-state index contributed by atoms with van der Waals surface area (Å²) in [6.45, 7) is 51.1. The lowest BCUT2D eigenvalue weighted by atomic mass is 10.1. The van der Waals surface area contributed by atoms with Crippen molar-refractivity contribution in [1.29, 1.82) is 0 Å². The molecule has 0 aromatic heterocycles. The summed E-state index contributed by atoms with van der Waals surface area (Å²) in [5, 5.41) is 0. The van der Waals surface area contributed by atoms with Crippen molar-refractivity contribution in [3.05, 3.63) is 0 Å². The topological polar surface area (TPSA) is 25.9 Å². The third-order valence-electron chi connectivity index (χ3n) is 11.7. The van der Waals surface area contributed by atoms with E-state index < -0.39 is 0 Å². The molecule has 0 atom stereocenters. The summed E-state index contributed by atoms with van der Waals surface area (Å²) < 4.78 is 0. The van der Waals surface area contributed by atoms with Crippen LogP contribution >= 0.6 is 0 Å². The Kier molecular flexibility index (Phi) is 26.0. The maximum absolute atomic E-state index is 2.56. The van der Waals surface area contributed by atoms with Crippen LogP contribution in [0, 0.1) is 0 Å². The third kappa shape index (κ3) is 20.8. The molecule has 0 aromatic carbocycles. The predicted octanol–water partition coefficient (Wildman–Crippen LogP) is 6.47. The Morgan fingerprint density at radius 3 is 0.760 bits per heavy atom. The summed E-state index contributed by atoms with van der Waals surface area (Å²) in [6, 6.07) is 4.45. The van der Waals surface area contributed by atoms with Gasteiger partial charge in [0.15, 0.2) is 0 Å². The Bertz CT molecular complexity index is 736. The second kappa shape index (κ2) is 27.3. The fraction of sp³-hybridized carbons (Fsp3) is 1.00. The van der Waals surface area contributed by atoms with Crippen molar-refractivity contribution in [1.82, 2.24) is 39.2 Å². The number of rotatable bonds is 7. The number of piperazine rings is 3. The summed E-state index contributed by atoms with van der Waals surface area (Å²) in [5.41, 5.74) is 0. The van der Waals surface area contributed by atoms with Crippen LogP contribution in [0.15, 0.2) is 0 Å². The average Bonchev–Trinajstić information content (AvgIpc) is 3.66. The van der Waals surface area contributed by atoms with Gasteiger partial charge in [0.05, 0.1) is 0 Å². The van der Waals surface area contributed by atoms with Crippen LogP contribution in [0.3, 0.4) is 0 Å². The second-order valence-electron chi connectivity index (χ2n) is 17.3. The fourth-order valence-electron chi connectivity index (χ4n) is 7.40. The van der Waals surface area contributed by atoms with E-state index in [0.29, 0.717) is 0 Å².